The van der Waals surface area contributed by atoms with Crippen LogP contribution in [0.2, 0.25) is 5.28 Å². The molecular formula is C26H15ClF2N4O4S. The highest BCUT2D eigenvalue weighted by atomic mass is 35.5. The van der Waals surface area contributed by atoms with E-state index in [9.17, 15) is 23.2 Å². The average Bonchev–Trinajstić information content (AvgIpc) is 3.16. The lowest BCUT2D eigenvalue weighted by atomic mass is 10.0. The summed E-state index contributed by atoms with van der Waals surface area (Å²) in [5.41, 5.74) is 0.701. The summed E-state index contributed by atoms with van der Waals surface area (Å²) in [5, 5.41) is 3.10. The second kappa shape index (κ2) is 10.6. The van der Waals surface area contributed by atoms with Crippen molar-refractivity contribution in [2.24, 2.45) is 0 Å². The minimum Gasteiger partial charge on any atom is -0.436 e. The van der Waals surface area contributed by atoms with Crippen LogP contribution in [0.25, 0.3) is 16.8 Å². The highest BCUT2D eigenvalue weighted by Crippen LogP contribution is 2.38. The standard InChI is InChI=1S/C26H15ClF2N4O4S/c27-25-30-12-19(29)23(32-25)37-20-10-5-14-3-1-2-4-17(14)18(20)11-21-24(35)33(26(36)38-21)13-22(34)31-16-8-6-15(28)7-9-16/h1-12H,13H2,(H,31,34)/b21-11+. The van der Waals surface area contributed by atoms with Crippen LogP contribution in [0.5, 0.6) is 11.6 Å². The maximum absolute atomic E-state index is 14.3. The first kappa shape index (κ1) is 25.3. The molecule has 1 N–H and O–H groups in total. The number of amides is 3. The summed E-state index contributed by atoms with van der Waals surface area (Å²) in [4.78, 5) is 46.3. The first-order valence-electron chi connectivity index (χ1n) is 11.0. The molecule has 1 aliphatic rings. The number of carbonyl (C=O) groups excluding carboxylic acids is 3. The third kappa shape index (κ3) is 5.34. The van der Waals surface area contributed by atoms with Crippen molar-refractivity contribution in [2.75, 3.05) is 11.9 Å². The fraction of sp³-hybridized carbons (Fsp3) is 0.0385. The van der Waals surface area contributed by atoms with Gasteiger partial charge in [-0.1, -0.05) is 30.3 Å². The van der Waals surface area contributed by atoms with Crippen LogP contribution in [0, 0.1) is 11.6 Å². The van der Waals surface area contributed by atoms with Crippen molar-refractivity contribution in [3.8, 4) is 11.6 Å². The largest absolute Gasteiger partial charge is 0.436 e. The Morgan fingerprint density at radius 3 is 2.63 bits per heavy atom. The van der Waals surface area contributed by atoms with Crippen LogP contribution in [0.1, 0.15) is 5.56 Å². The molecule has 190 valence electrons. The molecule has 1 saturated heterocycles. The molecule has 1 aliphatic heterocycles. The molecule has 3 aromatic carbocycles. The molecule has 0 radical (unpaired) electrons. The van der Waals surface area contributed by atoms with Gasteiger partial charge in [0.05, 0.1) is 11.1 Å². The Balaban J connectivity index is 1.45. The zero-order valence-electron chi connectivity index (χ0n) is 19.2. The van der Waals surface area contributed by atoms with E-state index in [2.05, 4.69) is 15.3 Å². The third-order valence-corrected chi connectivity index (χ3v) is 6.49. The zero-order chi connectivity index (χ0) is 26.8. The number of carbonyl (C=O) groups is 3. The summed E-state index contributed by atoms with van der Waals surface area (Å²) in [5.74, 6) is -2.91. The van der Waals surface area contributed by atoms with Crippen LogP contribution in [0.3, 0.4) is 0 Å². The number of thioether (sulfide) groups is 1. The highest BCUT2D eigenvalue weighted by molar-refractivity contribution is 8.18. The molecule has 0 saturated carbocycles. The van der Waals surface area contributed by atoms with Gasteiger partial charge in [-0.2, -0.15) is 9.37 Å². The van der Waals surface area contributed by atoms with Crippen molar-refractivity contribution in [3.05, 3.63) is 94.2 Å². The van der Waals surface area contributed by atoms with E-state index < -0.39 is 41.1 Å². The Morgan fingerprint density at radius 2 is 1.84 bits per heavy atom. The van der Waals surface area contributed by atoms with E-state index in [0.29, 0.717) is 28.4 Å². The minimum atomic E-state index is -0.846. The van der Waals surface area contributed by atoms with Gasteiger partial charge < -0.3 is 10.1 Å². The molecule has 0 atom stereocenters. The normalized spacial score (nSPS) is 14.4. The van der Waals surface area contributed by atoms with Crippen LogP contribution in [-0.2, 0) is 9.59 Å². The summed E-state index contributed by atoms with van der Waals surface area (Å²) in [6, 6.07) is 15.6. The Morgan fingerprint density at radius 1 is 1.08 bits per heavy atom. The lowest BCUT2D eigenvalue weighted by Crippen LogP contribution is -2.36. The fourth-order valence-electron chi connectivity index (χ4n) is 3.67. The second-order valence-electron chi connectivity index (χ2n) is 7.92. The minimum absolute atomic E-state index is 0.0342. The lowest BCUT2D eigenvalue weighted by Gasteiger charge is -2.13. The summed E-state index contributed by atoms with van der Waals surface area (Å²) in [7, 11) is 0. The number of ether oxygens (including phenoxy) is 1. The van der Waals surface area contributed by atoms with E-state index in [-0.39, 0.29) is 15.9 Å². The van der Waals surface area contributed by atoms with Crippen LogP contribution < -0.4 is 10.1 Å². The number of aromatic nitrogens is 2. The topological polar surface area (TPSA) is 101 Å². The average molecular weight is 553 g/mol. The van der Waals surface area contributed by atoms with Crippen LogP contribution in [-0.4, -0.2) is 38.5 Å². The first-order valence-corrected chi connectivity index (χ1v) is 12.2. The van der Waals surface area contributed by atoms with Gasteiger partial charge in [-0.15, -0.1) is 0 Å². The van der Waals surface area contributed by atoms with E-state index in [4.69, 9.17) is 16.3 Å². The van der Waals surface area contributed by atoms with E-state index in [1.807, 2.05) is 12.1 Å². The van der Waals surface area contributed by atoms with Crippen LogP contribution >= 0.6 is 23.4 Å². The van der Waals surface area contributed by atoms with Gasteiger partial charge in [0.1, 0.15) is 18.1 Å². The number of rotatable bonds is 6. The van der Waals surface area contributed by atoms with Gasteiger partial charge in [0.15, 0.2) is 0 Å². The van der Waals surface area contributed by atoms with Gasteiger partial charge in [-0.3, -0.25) is 19.3 Å². The molecule has 8 nitrogen and oxygen atoms in total. The summed E-state index contributed by atoms with van der Waals surface area (Å²) >= 11 is 6.43. The predicted molar refractivity (Wildman–Crippen MR) is 139 cm³/mol. The van der Waals surface area contributed by atoms with Crippen molar-refractivity contribution < 1.29 is 27.9 Å². The van der Waals surface area contributed by atoms with Gasteiger partial charge in [-0.05, 0) is 70.5 Å². The quantitative estimate of drug-likeness (QED) is 0.230. The molecule has 0 aliphatic carbocycles. The molecule has 12 heteroatoms. The molecular weight excluding hydrogens is 538 g/mol. The molecule has 0 bridgehead atoms. The number of anilines is 1. The third-order valence-electron chi connectivity index (χ3n) is 5.40. The van der Waals surface area contributed by atoms with Crippen molar-refractivity contribution >= 4 is 63.0 Å². The number of nitrogens with zero attached hydrogens (tertiary/aromatic N) is 3. The molecule has 38 heavy (non-hydrogen) atoms. The Kier molecular flexibility index (Phi) is 7.03. The maximum Gasteiger partial charge on any atom is 0.294 e. The molecule has 4 aromatic rings. The van der Waals surface area contributed by atoms with E-state index in [1.54, 1.807) is 24.3 Å². The van der Waals surface area contributed by atoms with Gasteiger partial charge >= 0.3 is 0 Å². The highest BCUT2D eigenvalue weighted by Gasteiger charge is 2.36. The molecule has 1 aromatic heterocycles. The second-order valence-corrected chi connectivity index (χ2v) is 9.25. The number of hydrogen-bond donors (Lipinski definition) is 1. The molecule has 0 spiro atoms. The predicted octanol–water partition coefficient (Wildman–Crippen LogP) is 6.03. The molecule has 3 amide bonds. The number of nitrogens with one attached hydrogen (secondary N) is 1. The van der Waals surface area contributed by atoms with E-state index in [0.717, 1.165) is 16.5 Å². The van der Waals surface area contributed by atoms with Gasteiger partial charge in [0.2, 0.25) is 17.0 Å². The molecule has 1 fully saturated rings. The number of imide groups is 1. The van der Waals surface area contributed by atoms with Crippen LogP contribution in [0.4, 0.5) is 19.3 Å². The summed E-state index contributed by atoms with van der Waals surface area (Å²) in [6.45, 7) is -0.539. The van der Waals surface area contributed by atoms with Gasteiger partial charge in [0, 0.05) is 11.3 Å². The smallest absolute Gasteiger partial charge is 0.294 e. The lowest BCUT2D eigenvalue weighted by molar-refractivity contribution is -0.127. The summed E-state index contributed by atoms with van der Waals surface area (Å²) in [6.07, 6.45) is 2.31. The van der Waals surface area contributed by atoms with E-state index >= 15 is 0 Å². The first-order chi connectivity index (χ1) is 18.3. The Labute approximate surface area is 223 Å². The number of benzene rings is 3. The van der Waals surface area contributed by atoms with Gasteiger partial charge in [0.25, 0.3) is 17.0 Å². The molecule has 5 rings (SSSR count). The monoisotopic (exact) mass is 552 g/mol. The fourth-order valence-corrected chi connectivity index (χ4v) is 4.61. The van der Waals surface area contributed by atoms with Crippen molar-refractivity contribution in [1.82, 2.24) is 14.9 Å². The number of halogens is 3. The zero-order valence-corrected chi connectivity index (χ0v) is 20.7. The van der Waals surface area contributed by atoms with Crippen molar-refractivity contribution in [2.45, 2.75) is 0 Å². The summed E-state index contributed by atoms with van der Waals surface area (Å²) < 4.78 is 33.1. The number of hydrogen-bond acceptors (Lipinski definition) is 7. The SMILES string of the molecule is O=C(CN1C(=O)S/C(=C/c2c(Oc3nc(Cl)ncc3F)ccc3ccccc23)C1=O)Nc1ccc(F)cc1. The Hall–Kier alpha value is -4.35. The van der Waals surface area contributed by atoms with E-state index in [1.165, 1.54) is 30.3 Å². The Bertz CT molecular complexity index is 1630. The van der Waals surface area contributed by atoms with Crippen molar-refractivity contribution in [3.63, 3.8) is 0 Å². The van der Waals surface area contributed by atoms with Gasteiger partial charge in [-0.25, -0.2) is 9.37 Å². The molecule has 0 unspecified atom stereocenters. The number of fused-ring (bicyclic) bond motifs is 1. The van der Waals surface area contributed by atoms with Crippen LogP contribution in [0.15, 0.2) is 71.8 Å². The van der Waals surface area contributed by atoms with Crippen molar-refractivity contribution in [1.29, 1.82) is 0 Å². The maximum atomic E-state index is 14.3. The molecule has 2 heterocycles.